The average Bonchev–Trinajstić information content (AvgIpc) is 3.13. The fourth-order valence-corrected chi connectivity index (χ4v) is 1.96. The van der Waals surface area contributed by atoms with Gasteiger partial charge in [-0.25, -0.2) is 14.8 Å². The molecular weight excluding hydrogens is 244 g/mol. The van der Waals surface area contributed by atoms with Gasteiger partial charge in [-0.3, -0.25) is 0 Å². The Hall–Kier alpha value is -2.17. The molecule has 0 radical (unpaired) electrons. The second kappa shape index (κ2) is 4.84. The van der Waals surface area contributed by atoms with Crippen LogP contribution in [0.25, 0.3) is 11.4 Å². The van der Waals surface area contributed by atoms with Crippen molar-refractivity contribution in [2.45, 2.75) is 25.7 Å². The number of furan rings is 1. The van der Waals surface area contributed by atoms with Gasteiger partial charge in [-0.15, -0.1) is 0 Å². The van der Waals surface area contributed by atoms with E-state index < -0.39 is 0 Å². The minimum absolute atomic E-state index is 0.344. The Kier molecular flexibility index (Phi) is 3.03. The minimum Gasteiger partial charge on any atom is -0.472 e. The lowest BCUT2D eigenvalue weighted by atomic mass is 10.1. The third-order valence-corrected chi connectivity index (χ3v) is 3.06. The van der Waals surface area contributed by atoms with Gasteiger partial charge in [-0.05, 0) is 25.8 Å². The molecule has 0 spiro atoms. The fraction of sp³-hybridized carbons (Fsp3) is 0.357. The second-order valence-corrected chi connectivity index (χ2v) is 4.50. The Morgan fingerprint density at radius 3 is 3.00 bits per heavy atom. The summed E-state index contributed by atoms with van der Waals surface area (Å²) in [7, 11) is 0. The Labute approximate surface area is 110 Å². The quantitative estimate of drug-likeness (QED) is 0.789. The first-order chi connectivity index (χ1) is 9.29. The second-order valence-electron chi connectivity index (χ2n) is 4.50. The van der Waals surface area contributed by atoms with Gasteiger partial charge in [0.1, 0.15) is 6.26 Å². The summed E-state index contributed by atoms with van der Waals surface area (Å²) < 4.78 is 10.1. The summed E-state index contributed by atoms with van der Waals surface area (Å²) in [5.41, 5.74) is 2.10. The van der Waals surface area contributed by atoms with E-state index in [9.17, 15) is 4.79 Å². The van der Waals surface area contributed by atoms with Crippen LogP contribution in [0.2, 0.25) is 0 Å². The zero-order valence-corrected chi connectivity index (χ0v) is 10.6. The maximum atomic E-state index is 11.9. The molecule has 0 N–H and O–H groups in total. The molecular formula is C14H14N2O3. The van der Waals surface area contributed by atoms with Crippen molar-refractivity contribution in [1.82, 2.24) is 9.97 Å². The highest BCUT2D eigenvalue weighted by atomic mass is 16.5. The number of hydrogen-bond donors (Lipinski definition) is 0. The lowest BCUT2D eigenvalue weighted by molar-refractivity contribution is 0.0524. The molecule has 0 amide bonds. The molecule has 3 rings (SSSR count). The summed E-state index contributed by atoms with van der Waals surface area (Å²) in [4.78, 5) is 20.6. The van der Waals surface area contributed by atoms with Crippen molar-refractivity contribution in [3.63, 3.8) is 0 Å². The molecule has 2 aromatic heterocycles. The number of ether oxygens (including phenoxy) is 1. The normalized spacial score (nSPS) is 14.4. The van der Waals surface area contributed by atoms with Crippen LogP contribution in [0.5, 0.6) is 0 Å². The summed E-state index contributed by atoms with van der Waals surface area (Å²) in [6.07, 6.45) is 6.86. The number of rotatable bonds is 4. The van der Waals surface area contributed by atoms with Gasteiger partial charge in [0.2, 0.25) is 0 Å². The molecule has 0 aliphatic heterocycles. The van der Waals surface area contributed by atoms with Crippen LogP contribution >= 0.6 is 0 Å². The predicted molar refractivity (Wildman–Crippen MR) is 67.7 cm³/mol. The van der Waals surface area contributed by atoms with Crippen molar-refractivity contribution in [3.8, 4) is 11.4 Å². The maximum Gasteiger partial charge on any atom is 0.341 e. The van der Waals surface area contributed by atoms with Crippen molar-refractivity contribution in [1.29, 1.82) is 0 Å². The van der Waals surface area contributed by atoms with E-state index in [1.807, 2.05) is 0 Å². The molecule has 0 atom stereocenters. The highest BCUT2D eigenvalue weighted by molar-refractivity contribution is 5.90. The third kappa shape index (κ3) is 2.36. The van der Waals surface area contributed by atoms with Gasteiger partial charge >= 0.3 is 5.97 Å². The highest BCUT2D eigenvalue weighted by Crippen LogP contribution is 2.41. The zero-order chi connectivity index (χ0) is 13.2. The zero-order valence-electron chi connectivity index (χ0n) is 10.6. The predicted octanol–water partition coefficient (Wildman–Crippen LogP) is 2.79. The molecule has 0 unspecified atom stereocenters. The van der Waals surface area contributed by atoms with Gasteiger partial charge in [0.15, 0.2) is 5.82 Å². The fourth-order valence-electron chi connectivity index (χ4n) is 1.96. The summed E-state index contributed by atoms with van der Waals surface area (Å²) >= 11 is 0. The first-order valence-electron chi connectivity index (χ1n) is 6.36. The van der Waals surface area contributed by atoms with Crippen LogP contribution in [0.4, 0.5) is 0 Å². The van der Waals surface area contributed by atoms with Crippen molar-refractivity contribution in [3.05, 3.63) is 36.0 Å². The van der Waals surface area contributed by atoms with Gasteiger partial charge < -0.3 is 9.15 Å². The van der Waals surface area contributed by atoms with E-state index in [1.54, 1.807) is 31.7 Å². The van der Waals surface area contributed by atoms with E-state index in [-0.39, 0.29) is 5.97 Å². The van der Waals surface area contributed by atoms with E-state index in [0.717, 1.165) is 24.1 Å². The first-order valence-corrected chi connectivity index (χ1v) is 6.36. The van der Waals surface area contributed by atoms with Crippen LogP contribution in [0.1, 0.15) is 41.7 Å². The molecule has 1 aliphatic rings. The van der Waals surface area contributed by atoms with Crippen LogP contribution in [0.3, 0.4) is 0 Å². The van der Waals surface area contributed by atoms with E-state index in [4.69, 9.17) is 9.15 Å². The van der Waals surface area contributed by atoms with Crippen LogP contribution in [0, 0.1) is 0 Å². The molecule has 19 heavy (non-hydrogen) atoms. The average molecular weight is 258 g/mol. The molecule has 1 saturated carbocycles. The van der Waals surface area contributed by atoms with Crippen molar-refractivity contribution in [2.24, 2.45) is 0 Å². The number of nitrogens with zero attached hydrogens (tertiary/aromatic N) is 2. The topological polar surface area (TPSA) is 65.2 Å². The number of carbonyl (C=O) groups is 1. The van der Waals surface area contributed by atoms with E-state index >= 15 is 0 Å². The van der Waals surface area contributed by atoms with Gasteiger partial charge in [0, 0.05) is 12.1 Å². The Bertz CT molecular complexity index is 589. The maximum absolute atomic E-state index is 11.9. The van der Waals surface area contributed by atoms with Crippen LogP contribution in [-0.4, -0.2) is 22.5 Å². The van der Waals surface area contributed by atoms with Gasteiger partial charge in [0.05, 0.1) is 29.7 Å². The molecule has 98 valence electrons. The van der Waals surface area contributed by atoms with Crippen LogP contribution < -0.4 is 0 Å². The Morgan fingerprint density at radius 2 is 2.37 bits per heavy atom. The first kappa shape index (κ1) is 11.9. The van der Waals surface area contributed by atoms with Gasteiger partial charge in [0.25, 0.3) is 0 Å². The Morgan fingerprint density at radius 1 is 1.53 bits per heavy atom. The number of carbonyl (C=O) groups excluding carboxylic acids is 1. The SMILES string of the molecule is CCOC(=O)c1cnc(-c2ccoc2)nc1C1CC1. The lowest BCUT2D eigenvalue weighted by Crippen LogP contribution is -2.10. The molecule has 5 heteroatoms. The van der Waals surface area contributed by atoms with Crippen LogP contribution in [-0.2, 0) is 4.74 Å². The lowest BCUT2D eigenvalue weighted by Gasteiger charge is -2.08. The molecule has 1 fully saturated rings. The van der Waals surface area contributed by atoms with E-state index in [1.165, 1.54) is 0 Å². The smallest absolute Gasteiger partial charge is 0.341 e. The highest BCUT2D eigenvalue weighted by Gasteiger charge is 2.31. The monoisotopic (exact) mass is 258 g/mol. The summed E-state index contributed by atoms with van der Waals surface area (Å²) in [5, 5.41) is 0. The van der Waals surface area contributed by atoms with Gasteiger partial charge in [-0.1, -0.05) is 0 Å². The Balaban J connectivity index is 2.00. The van der Waals surface area contributed by atoms with Crippen LogP contribution in [0.15, 0.2) is 29.2 Å². The summed E-state index contributed by atoms with van der Waals surface area (Å²) in [6.45, 7) is 2.14. The molecule has 0 bridgehead atoms. The molecule has 1 aliphatic carbocycles. The molecule has 2 heterocycles. The van der Waals surface area contributed by atoms with Gasteiger partial charge in [-0.2, -0.15) is 0 Å². The number of aromatic nitrogens is 2. The number of hydrogen-bond acceptors (Lipinski definition) is 5. The largest absolute Gasteiger partial charge is 0.472 e. The summed E-state index contributed by atoms with van der Waals surface area (Å²) in [6, 6.07) is 1.80. The van der Waals surface area contributed by atoms with E-state index in [0.29, 0.717) is 23.9 Å². The van der Waals surface area contributed by atoms with Crippen molar-refractivity contribution >= 4 is 5.97 Å². The summed E-state index contributed by atoms with van der Waals surface area (Å²) in [5.74, 6) is 0.597. The number of esters is 1. The van der Waals surface area contributed by atoms with E-state index in [2.05, 4.69) is 9.97 Å². The minimum atomic E-state index is -0.344. The molecule has 0 saturated heterocycles. The van der Waals surface area contributed by atoms with Crippen molar-refractivity contribution < 1.29 is 13.9 Å². The van der Waals surface area contributed by atoms with Crippen molar-refractivity contribution in [2.75, 3.05) is 6.61 Å². The molecule has 5 nitrogen and oxygen atoms in total. The molecule has 0 aromatic carbocycles. The third-order valence-electron chi connectivity index (χ3n) is 3.06. The molecule has 2 aromatic rings. The standard InChI is InChI=1S/C14H14N2O3/c1-2-19-14(17)11-7-15-13(10-5-6-18-8-10)16-12(11)9-3-4-9/h5-9H,2-4H2,1H3.